The molecular weight excluding hydrogens is 247 g/mol. The maximum Gasteiger partial charge on any atom is 0.133 e. The van der Waals surface area contributed by atoms with Crippen LogP contribution in [0.1, 0.15) is 19.5 Å². The Morgan fingerprint density at radius 3 is 2.72 bits per heavy atom. The van der Waals surface area contributed by atoms with E-state index in [0.717, 1.165) is 17.1 Å². The minimum Gasteiger partial charge on any atom is -0.330 e. The molecule has 2 rings (SSSR count). The van der Waals surface area contributed by atoms with Crippen LogP contribution >= 0.6 is 11.3 Å². The molecule has 18 heavy (non-hydrogen) atoms. The smallest absolute Gasteiger partial charge is 0.133 e. The van der Waals surface area contributed by atoms with Gasteiger partial charge < -0.3 is 5.73 Å². The second-order valence-corrected chi connectivity index (χ2v) is 6.03. The lowest BCUT2D eigenvalue weighted by atomic mass is 9.88. The summed E-state index contributed by atoms with van der Waals surface area (Å²) < 4.78 is 13.6. The Labute approximate surface area is 111 Å². The summed E-state index contributed by atoms with van der Waals surface area (Å²) in [4.78, 5) is 4.50. The molecule has 0 saturated carbocycles. The highest BCUT2D eigenvalue weighted by Gasteiger charge is 2.18. The second kappa shape index (κ2) is 5.16. The van der Waals surface area contributed by atoms with Gasteiger partial charge in [-0.25, -0.2) is 9.37 Å². The highest BCUT2D eigenvalue weighted by atomic mass is 32.1. The van der Waals surface area contributed by atoms with Crippen LogP contribution in [-0.2, 0) is 6.42 Å². The Kier molecular flexibility index (Phi) is 3.78. The van der Waals surface area contributed by atoms with E-state index in [-0.39, 0.29) is 11.2 Å². The topological polar surface area (TPSA) is 38.9 Å². The van der Waals surface area contributed by atoms with Gasteiger partial charge in [0.05, 0.1) is 5.69 Å². The fourth-order valence-corrected chi connectivity index (χ4v) is 2.56. The zero-order valence-electron chi connectivity index (χ0n) is 10.6. The fraction of sp³-hybridized carbons (Fsp3) is 0.357. The minimum atomic E-state index is -0.225. The first-order chi connectivity index (χ1) is 8.52. The predicted octanol–water partition coefficient (Wildman–Crippen LogP) is 3.48. The summed E-state index contributed by atoms with van der Waals surface area (Å²) in [6, 6.07) is 6.72. The van der Waals surface area contributed by atoms with Crippen LogP contribution in [0.5, 0.6) is 0 Å². The molecule has 0 aliphatic carbocycles. The van der Waals surface area contributed by atoms with Crippen molar-refractivity contribution in [1.29, 1.82) is 0 Å². The number of rotatable bonds is 4. The van der Waals surface area contributed by atoms with E-state index in [1.54, 1.807) is 12.1 Å². The van der Waals surface area contributed by atoms with Crippen LogP contribution in [0.15, 0.2) is 29.6 Å². The molecule has 0 aliphatic rings. The van der Waals surface area contributed by atoms with Crippen molar-refractivity contribution >= 4 is 11.3 Å². The summed E-state index contributed by atoms with van der Waals surface area (Å²) in [6.45, 7) is 4.82. The fourth-order valence-electron chi connectivity index (χ4n) is 1.71. The third-order valence-corrected chi connectivity index (χ3v) is 3.79. The van der Waals surface area contributed by atoms with Gasteiger partial charge in [0.1, 0.15) is 10.8 Å². The van der Waals surface area contributed by atoms with E-state index in [1.165, 1.54) is 17.4 Å². The Morgan fingerprint density at radius 2 is 2.06 bits per heavy atom. The molecule has 1 heterocycles. The molecule has 1 aromatic carbocycles. The van der Waals surface area contributed by atoms with Gasteiger partial charge in [0.2, 0.25) is 0 Å². The largest absolute Gasteiger partial charge is 0.330 e. The molecule has 2 N–H and O–H groups in total. The third kappa shape index (κ3) is 2.94. The molecule has 1 aromatic heterocycles. The molecule has 0 radical (unpaired) electrons. The zero-order chi connectivity index (χ0) is 13.2. The van der Waals surface area contributed by atoms with Crippen molar-refractivity contribution in [1.82, 2.24) is 4.98 Å². The Hall–Kier alpha value is -1.26. The number of benzene rings is 1. The number of nitrogens with two attached hydrogens (primary N) is 1. The van der Waals surface area contributed by atoms with Gasteiger partial charge in [0.25, 0.3) is 0 Å². The van der Waals surface area contributed by atoms with Gasteiger partial charge in [-0.2, -0.15) is 0 Å². The summed E-state index contributed by atoms with van der Waals surface area (Å²) in [7, 11) is 0. The number of nitrogens with zero attached hydrogens (tertiary/aromatic N) is 1. The molecule has 0 bridgehead atoms. The van der Waals surface area contributed by atoms with E-state index in [9.17, 15) is 4.39 Å². The van der Waals surface area contributed by atoms with Crippen molar-refractivity contribution in [2.45, 2.75) is 20.3 Å². The average molecular weight is 264 g/mol. The molecule has 0 saturated heterocycles. The van der Waals surface area contributed by atoms with E-state index in [0.29, 0.717) is 12.1 Å². The lowest BCUT2D eigenvalue weighted by molar-refractivity contribution is 0.373. The molecule has 0 fully saturated rings. The number of hydrogen-bond donors (Lipinski definition) is 1. The van der Waals surface area contributed by atoms with Crippen LogP contribution in [-0.4, -0.2) is 11.5 Å². The van der Waals surface area contributed by atoms with Crippen LogP contribution in [0.2, 0.25) is 0 Å². The Morgan fingerprint density at radius 1 is 1.33 bits per heavy atom. The molecule has 4 heteroatoms. The normalized spacial score (nSPS) is 11.8. The van der Waals surface area contributed by atoms with Crippen molar-refractivity contribution in [3.8, 4) is 10.6 Å². The van der Waals surface area contributed by atoms with E-state index < -0.39 is 0 Å². The van der Waals surface area contributed by atoms with Crippen LogP contribution in [0, 0.1) is 11.2 Å². The molecule has 96 valence electrons. The maximum atomic E-state index is 13.6. The highest BCUT2D eigenvalue weighted by molar-refractivity contribution is 7.13. The Balaban J connectivity index is 2.24. The number of hydrogen-bond acceptors (Lipinski definition) is 3. The third-order valence-electron chi connectivity index (χ3n) is 2.87. The maximum absolute atomic E-state index is 13.6. The Bertz CT molecular complexity index is 534. The van der Waals surface area contributed by atoms with Crippen molar-refractivity contribution in [2.24, 2.45) is 11.1 Å². The van der Waals surface area contributed by atoms with Gasteiger partial charge in [-0.15, -0.1) is 11.3 Å². The van der Waals surface area contributed by atoms with Gasteiger partial charge in [-0.3, -0.25) is 0 Å². The first-order valence-electron chi connectivity index (χ1n) is 5.91. The van der Waals surface area contributed by atoms with Gasteiger partial charge in [-0.05, 0) is 30.5 Å². The van der Waals surface area contributed by atoms with Gasteiger partial charge in [-0.1, -0.05) is 26.0 Å². The monoisotopic (exact) mass is 264 g/mol. The lowest BCUT2D eigenvalue weighted by Gasteiger charge is -2.20. The van der Waals surface area contributed by atoms with Gasteiger partial charge in [0.15, 0.2) is 0 Å². The zero-order valence-corrected chi connectivity index (χ0v) is 11.4. The summed E-state index contributed by atoms with van der Waals surface area (Å²) in [5, 5.41) is 2.72. The molecular formula is C14H17FN2S. The summed E-state index contributed by atoms with van der Waals surface area (Å²) in [5.74, 6) is -0.225. The summed E-state index contributed by atoms with van der Waals surface area (Å²) >= 11 is 1.48. The van der Waals surface area contributed by atoms with Crippen LogP contribution in [0.4, 0.5) is 4.39 Å². The van der Waals surface area contributed by atoms with Gasteiger partial charge >= 0.3 is 0 Å². The van der Waals surface area contributed by atoms with Crippen LogP contribution in [0.25, 0.3) is 10.6 Å². The first kappa shape index (κ1) is 13.2. The lowest BCUT2D eigenvalue weighted by Crippen LogP contribution is -2.26. The number of thiazole rings is 1. The van der Waals surface area contributed by atoms with Crippen LogP contribution in [0.3, 0.4) is 0 Å². The van der Waals surface area contributed by atoms with Crippen molar-refractivity contribution < 1.29 is 4.39 Å². The van der Waals surface area contributed by atoms with Crippen molar-refractivity contribution in [3.63, 3.8) is 0 Å². The quantitative estimate of drug-likeness (QED) is 0.918. The molecule has 0 amide bonds. The number of halogens is 1. The predicted molar refractivity (Wildman–Crippen MR) is 74.0 cm³/mol. The number of aromatic nitrogens is 1. The van der Waals surface area contributed by atoms with E-state index in [4.69, 9.17) is 5.73 Å². The summed E-state index contributed by atoms with van der Waals surface area (Å²) in [5.41, 5.74) is 7.29. The van der Waals surface area contributed by atoms with Crippen molar-refractivity contribution in [2.75, 3.05) is 6.54 Å². The standard InChI is InChI=1S/C14H17FN2S/c1-14(2,9-16)7-10-8-18-13(17-10)11-5-3-4-6-12(11)15/h3-6,8H,7,9,16H2,1-2H3. The SMILES string of the molecule is CC(C)(CN)Cc1csc(-c2ccccc2F)n1. The van der Waals surface area contributed by atoms with E-state index >= 15 is 0 Å². The van der Waals surface area contributed by atoms with Crippen LogP contribution < -0.4 is 5.73 Å². The van der Waals surface area contributed by atoms with E-state index in [1.807, 2.05) is 11.4 Å². The average Bonchev–Trinajstić information content (AvgIpc) is 2.77. The molecule has 0 atom stereocenters. The van der Waals surface area contributed by atoms with E-state index in [2.05, 4.69) is 18.8 Å². The molecule has 0 spiro atoms. The molecule has 0 unspecified atom stereocenters. The summed E-state index contributed by atoms with van der Waals surface area (Å²) in [6.07, 6.45) is 0.814. The van der Waals surface area contributed by atoms with Gasteiger partial charge in [0, 0.05) is 10.9 Å². The molecule has 2 aromatic rings. The second-order valence-electron chi connectivity index (χ2n) is 5.17. The first-order valence-corrected chi connectivity index (χ1v) is 6.79. The minimum absolute atomic E-state index is 0.0283. The van der Waals surface area contributed by atoms with Crippen molar-refractivity contribution in [3.05, 3.63) is 41.2 Å². The molecule has 0 aliphatic heterocycles. The molecule has 2 nitrogen and oxygen atoms in total. The highest BCUT2D eigenvalue weighted by Crippen LogP contribution is 2.28.